The van der Waals surface area contributed by atoms with E-state index in [1.165, 1.54) is 0 Å². The van der Waals surface area contributed by atoms with Crippen molar-refractivity contribution in [1.82, 2.24) is 10.6 Å². The van der Waals surface area contributed by atoms with Crippen LogP contribution in [0.3, 0.4) is 0 Å². The van der Waals surface area contributed by atoms with Gasteiger partial charge in [0, 0.05) is 13.0 Å². The van der Waals surface area contributed by atoms with E-state index in [-0.39, 0.29) is 22.8 Å². The van der Waals surface area contributed by atoms with E-state index in [9.17, 15) is 9.59 Å². The molecule has 1 heterocycles. The van der Waals surface area contributed by atoms with Gasteiger partial charge in [0.15, 0.2) is 0 Å². The standard InChI is InChI=1S/C11H17N3O2S/c1-6-3-11(4-6,9(12)17)10(16)14-7-2-8(15)13-5-7/h6-7H,2-5H2,1H3,(H2,12,17)(H,13,15)(H,14,16). The van der Waals surface area contributed by atoms with E-state index < -0.39 is 5.41 Å². The minimum absolute atomic E-state index is 0.0262. The number of rotatable bonds is 3. The average Bonchev–Trinajstić information content (AvgIpc) is 2.58. The molecule has 1 aliphatic carbocycles. The summed E-state index contributed by atoms with van der Waals surface area (Å²) in [5.41, 5.74) is 5.01. The van der Waals surface area contributed by atoms with Crippen molar-refractivity contribution in [2.75, 3.05) is 6.54 Å². The minimum Gasteiger partial charge on any atom is -0.392 e. The van der Waals surface area contributed by atoms with Crippen LogP contribution in [0, 0.1) is 11.3 Å². The van der Waals surface area contributed by atoms with Crippen LogP contribution in [0.25, 0.3) is 0 Å². The summed E-state index contributed by atoms with van der Waals surface area (Å²) in [6.07, 6.45) is 1.76. The second-order valence-electron chi connectivity index (χ2n) is 5.14. The molecule has 0 aromatic carbocycles. The van der Waals surface area contributed by atoms with Crippen molar-refractivity contribution in [1.29, 1.82) is 0 Å². The highest BCUT2D eigenvalue weighted by Crippen LogP contribution is 2.46. The second kappa shape index (κ2) is 4.25. The molecule has 1 saturated heterocycles. The van der Waals surface area contributed by atoms with Crippen molar-refractivity contribution in [3.05, 3.63) is 0 Å². The molecule has 2 amide bonds. The van der Waals surface area contributed by atoms with Crippen molar-refractivity contribution >= 4 is 29.0 Å². The van der Waals surface area contributed by atoms with E-state index in [1.807, 2.05) is 0 Å². The molecule has 0 spiro atoms. The molecule has 2 fully saturated rings. The zero-order valence-corrected chi connectivity index (χ0v) is 10.6. The molecule has 0 aromatic rings. The first-order chi connectivity index (χ1) is 7.94. The van der Waals surface area contributed by atoms with Crippen LogP contribution in [0.2, 0.25) is 0 Å². The predicted molar refractivity (Wildman–Crippen MR) is 67.2 cm³/mol. The minimum atomic E-state index is -0.680. The van der Waals surface area contributed by atoms with Crippen LogP contribution in [0.1, 0.15) is 26.2 Å². The molecule has 6 heteroatoms. The maximum atomic E-state index is 12.2. The Bertz CT molecular complexity index is 377. The van der Waals surface area contributed by atoms with Crippen molar-refractivity contribution in [2.45, 2.75) is 32.2 Å². The van der Waals surface area contributed by atoms with Crippen molar-refractivity contribution < 1.29 is 9.59 Å². The Kier molecular flexibility index (Phi) is 3.07. The quantitative estimate of drug-likeness (QED) is 0.604. The fourth-order valence-corrected chi connectivity index (χ4v) is 2.92. The first-order valence-electron chi connectivity index (χ1n) is 5.81. The summed E-state index contributed by atoms with van der Waals surface area (Å²) < 4.78 is 0. The Hall–Kier alpha value is -1.17. The molecule has 2 aliphatic rings. The zero-order valence-electron chi connectivity index (χ0n) is 9.79. The third-order valence-corrected chi connectivity index (χ3v) is 4.00. The fraction of sp³-hybridized carbons (Fsp3) is 0.727. The summed E-state index contributed by atoms with van der Waals surface area (Å²) in [4.78, 5) is 23.5. The van der Waals surface area contributed by atoms with E-state index in [0.717, 1.165) is 0 Å². The summed E-state index contributed by atoms with van der Waals surface area (Å²) in [5.74, 6) is 0.330. The van der Waals surface area contributed by atoms with Crippen molar-refractivity contribution in [2.24, 2.45) is 17.1 Å². The SMILES string of the molecule is CC1CC(C(=O)NC2CNC(=O)C2)(C(N)=S)C1. The highest BCUT2D eigenvalue weighted by molar-refractivity contribution is 7.80. The lowest BCUT2D eigenvalue weighted by atomic mass is 9.62. The van der Waals surface area contributed by atoms with Crippen molar-refractivity contribution in [3.8, 4) is 0 Å². The van der Waals surface area contributed by atoms with E-state index in [0.29, 0.717) is 31.7 Å². The number of nitrogens with two attached hydrogens (primary N) is 1. The van der Waals surface area contributed by atoms with E-state index in [4.69, 9.17) is 18.0 Å². The first-order valence-corrected chi connectivity index (χ1v) is 6.22. The maximum absolute atomic E-state index is 12.2. The Morgan fingerprint density at radius 2 is 2.24 bits per heavy atom. The monoisotopic (exact) mass is 255 g/mol. The number of hydrogen-bond donors (Lipinski definition) is 3. The van der Waals surface area contributed by atoms with E-state index >= 15 is 0 Å². The number of hydrogen-bond acceptors (Lipinski definition) is 3. The van der Waals surface area contributed by atoms with Gasteiger partial charge in [-0.05, 0) is 18.8 Å². The molecule has 94 valence electrons. The molecule has 5 nitrogen and oxygen atoms in total. The van der Waals surface area contributed by atoms with Crippen LogP contribution in [0.5, 0.6) is 0 Å². The van der Waals surface area contributed by atoms with Gasteiger partial charge in [0.25, 0.3) is 0 Å². The van der Waals surface area contributed by atoms with Crippen molar-refractivity contribution in [3.63, 3.8) is 0 Å². The normalized spacial score (nSPS) is 35.9. The molecule has 1 unspecified atom stereocenters. The Labute approximate surface area is 105 Å². The molecule has 0 bridgehead atoms. The second-order valence-corrected chi connectivity index (χ2v) is 5.58. The fourth-order valence-electron chi connectivity index (χ4n) is 2.66. The largest absolute Gasteiger partial charge is 0.392 e. The van der Waals surface area contributed by atoms with Gasteiger partial charge in [-0.15, -0.1) is 0 Å². The summed E-state index contributed by atoms with van der Waals surface area (Å²) in [6, 6.07) is -0.128. The lowest BCUT2D eigenvalue weighted by molar-refractivity contribution is -0.133. The van der Waals surface area contributed by atoms with Gasteiger partial charge in [0.05, 0.1) is 16.4 Å². The summed E-state index contributed by atoms with van der Waals surface area (Å²) in [7, 11) is 0. The van der Waals surface area contributed by atoms with E-state index in [2.05, 4.69) is 17.6 Å². The van der Waals surface area contributed by atoms with Crippen LogP contribution >= 0.6 is 12.2 Å². The maximum Gasteiger partial charge on any atom is 0.233 e. The molecular weight excluding hydrogens is 238 g/mol. The van der Waals surface area contributed by atoms with Gasteiger partial charge in [0.2, 0.25) is 11.8 Å². The number of carbonyl (C=O) groups excluding carboxylic acids is 2. The smallest absolute Gasteiger partial charge is 0.233 e. The molecule has 17 heavy (non-hydrogen) atoms. The summed E-state index contributed by atoms with van der Waals surface area (Å²) >= 11 is 5.01. The highest BCUT2D eigenvalue weighted by atomic mass is 32.1. The Morgan fingerprint density at radius 1 is 1.59 bits per heavy atom. The summed E-state index contributed by atoms with van der Waals surface area (Å²) in [6.45, 7) is 2.57. The number of thiocarbonyl (C=S) groups is 1. The number of carbonyl (C=O) groups is 2. The Morgan fingerprint density at radius 3 is 2.65 bits per heavy atom. The van der Waals surface area contributed by atoms with Gasteiger partial charge in [-0.25, -0.2) is 0 Å². The van der Waals surface area contributed by atoms with Crippen LogP contribution < -0.4 is 16.4 Å². The number of nitrogens with one attached hydrogen (secondary N) is 2. The molecule has 1 aliphatic heterocycles. The third kappa shape index (κ3) is 2.13. The lowest BCUT2D eigenvalue weighted by Crippen LogP contribution is -2.57. The average molecular weight is 255 g/mol. The topological polar surface area (TPSA) is 84.2 Å². The Balaban J connectivity index is 1.99. The van der Waals surface area contributed by atoms with Gasteiger partial charge >= 0.3 is 0 Å². The molecular formula is C11H17N3O2S. The molecule has 0 aromatic heterocycles. The van der Waals surface area contributed by atoms with Gasteiger partial charge in [-0.2, -0.15) is 0 Å². The number of amides is 2. The summed E-state index contributed by atoms with van der Waals surface area (Å²) in [5, 5.41) is 5.55. The van der Waals surface area contributed by atoms with Crippen LogP contribution in [-0.4, -0.2) is 29.4 Å². The van der Waals surface area contributed by atoms with Gasteiger partial charge in [-0.3, -0.25) is 9.59 Å². The molecule has 1 saturated carbocycles. The van der Waals surface area contributed by atoms with Crippen LogP contribution in [-0.2, 0) is 9.59 Å². The molecule has 4 N–H and O–H groups in total. The third-order valence-electron chi connectivity index (χ3n) is 3.61. The van der Waals surface area contributed by atoms with Gasteiger partial charge in [0.1, 0.15) is 0 Å². The van der Waals surface area contributed by atoms with E-state index in [1.54, 1.807) is 0 Å². The van der Waals surface area contributed by atoms with Crippen LogP contribution in [0.4, 0.5) is 0 Å². The lowest BCUT2D eigenvalue weighted by Gasteiger charge is -2.44. The van der Waals surface area contributed by atoms with Gasteiger partial charge in [-0.1, -0.05) is 19.1 Å². The van der Waals surface area contributed by atoms with Gasteiger partial charge < -0.3 is 16.4 Å². The molecule has 2 rings (SSSR count). The van der Waals surface area contributed by atoms with Crippen LogP contribution in [0.15, 0.2) is 0 Å². The highest BCUT2D eigenvalue weighted by Gasteiger charge is 2.51. The predicted octanol–water partition coefficient (Wildman–Crippen LogP) is -0.306. The first kappa shape index (κ1) is 12.3. The molecule has 1 atom stereocenters. The zero-order chi connectivity index (χ0) is 12.6. The molecule has 0 radical (unpaired) electrons.